The molecule has 1 heterocycles. The van der Waals surface area contributed by atoms with Gasteiger partial charge in [-0.2, -0.15) is 0 Å². The number of likely N-dealkylation sites (N-methyl/N-ethyl adjacent to an activating group) is 1. The highest BCUT2D eigenvalue weighted by Gasteiger charge is 2.76. The van der Waals surface area contributed by atoms with Gasteiger partial charge in [0.1, 0.15) is 0 Å². The first-order valence-corrected chi connectivity index (χ1v) is 10.1. The number of phenols is 2. The highest BCUT2D eigenvalue weighted by Crippen LogP contribution is 2.72. The molecule has 6 nitrogen and oxygen atoms in total. The maximum atomic E-state index is 13.3. The number of benzene rings is 1. The third-order valence-corrected chi connectivity index (χ3v) is 7.94. The topological polar surface area (TPSA) is 79.2 Å². The number of aromatic hydroxyl groups is 2. The Labute approximate surface area is 170 Å². The summed E-state index contributed by atoms with van der Waals surface area (Å²) < 4.78 is 11.7. The molecule has 1 aliphatic heterocycles. The molecule has 1 saturated carbocycles. The Balaban J connectivity index is 1.86. The van der Waals surface area contributed by atoms with Gasteiger partial charge < -0.3 is 19.7 Å². The van der Waals surface area contributed by atoms with Crippen LogP contribution in [-0.2, 0) is 14.3 Å². The average Bonchev–Trinajstić information content (AvgIpc) is 2.89. The summed E-state index contributed by atoms with van der Waals surface area (Å²) in [7, 11) is 3.33. The first-order valence-electron chi connectivity index (χ1n) is 10.1. The predicted molar refractivity (Wildman–Crippen MR) is 108 cm³/mol. The van der Waals surface area contributed by atoms with Crippen LogP contribution < -0.4 is 0 Å². The molecule has 2 fully saturated rings. The number of ether oxygens (including phenoxy) is 2. The Kier molecular flexibility index (Phi) is 3.86. The van der Waals surface area contributed by atoms with Crippen LogP contribution >= 0.6 is 0 Å². The van der Waals surface area contributed by atoms with Crippen molar-refractivity contribution in [2.45, 2.75) is 25.0 Å². The van der Waals surface area contributed by atoms with E-state index in [-0.39, 0.29) is 41.3 Å². The molecule has 0 radical (unpaired) electrons. The summed E-state index contributed by atoms with van der Waals surface area (Å²) in [5.41, 5.74) is 1.43. The molecule has 0 unspecified atom stereocenters. The van der Waals surface area contributed by atoms with Crippen molar-refractivity contribution in [2.24, 2.45) is 16.7 Å². The first-order chi connectivity index (χ1) is 13.9. The van der Waals surface area contributed by atoms with Crippen LogP contribution in [0.1, 0.15) is 24.0 Å². The van der Waals surface area contributed by atoms with Gasteiger partial charge in [-0.1, -0.05) is 19.6 Å². The zero-order valence-corrected chi connectivity index (χ0v) is 17.0. The lowest BCUT2D eigenvalue weighted by molar-refractivity contribution is -0.150. The summed E-state index contributed by atoms with van der Waals surface area (Å²) in [5.74, 6) is -0.407. The Morgan fingerprint density at radius 2 is 2.00 bits per heavy atom. The maximum Gasteiger partial charge on any atom is 0.165 e. The summed E-state index contributed by atoms with van der Waals surface area (Å²) in [6.07, 6.45) is 3.50. The van der Waals surface area contributed by atoms with E-state index in [1.807, 2.05) is 6.08 Å². The fourth-order valence-corrected chi connectivity index (χ4v) is 7.05. The second kappa shape index (κ2) is 5.94. The lowest BCUT2D eigenvalue weighted by Crippen LogP contribution is -2.67. The number of ketones is 1. The number of hydrogen-bond acceptors (Lipinski definition) is 6. The number of carbonyl (C=O) groups is 1. The number of hydrogen-bond donors (Lipinski definition) is 2. The Bertz CT molecular complexity index is 955. The Morgan fingerprint density at radius 1 is 1.28 bits per heavy atom. The molecule has 3 aliphatic carbocycles. The summed E-state index contributed by atoms with van der Waals surface area (Å²) in [6.45, 7) is 8.29. The van der Waals surface area contributed by atoms with Crippen molar-refractivity contribution >= 4 is 11.4 Å². The molecule has 1 aromatic carbocycles. The zero-order chi connectivity index (χ0) is 20.7. The van der Waals surface area contributed by atoms with Gasteiger partial charge in [0, 0.05) is 44.1 Å². The normalized spacial score (nSPS) is 39.7. The van der Waals surface area contributed by atoms with Crippen LogP contribution in [0.2, 0.25) is 0 Å². The fraction of sp³-hybridized carbons (Fsp3) is 0.522. The number of nitrogens with zero attached hydrogens (tertiary/aromatic N) is 1. The number of rotatable bonds is 4. The molecule has 29 heavy (non-hydrogen) atoms. The van der Waals surface area contributed by atoms with Crippen LogP contribution in [0.4, 0.5) is 0 Å². The van der Waals surface area contributed by atoms with Gasteiger partial charge in [0.05, 0.1) is 18.1 Å². The molecule has 1 spiro atoms. The van der Waals surface area contributed by atoms with Gasteiger partial charge in [-0.05, 0) is 41.5 Å². The van der Waals surface area contributed by atoms with E-state index < -0.39 is 10.8 Å². The molecule has 154 valence electrons. The van der Waals surface area contributed by atoms with Crippen molar-refractivity contribution in [3.63, 3.8) is 0 Å². The highest BCUT2D eigenvalue weighted by molar-refractivity contribution is 5.99. The number of likely N-dealkylation sites (tertiary alicyclic amines) is 1. The molecule has 5 rings (SSSR count). The second-order valence-electron chi connectivity index (χ2n) is 8.84. The van der Waals surface area contributed by atoms with Crippen molar-refractivity contribution in [3.8, 4) is 11.5 Å². The molecular weight excluding hydrogens is 370 g/mol. The summed E-state index contributed by atoms with van der Waals surface area (Å²) in [5, 5.41) is 20.4. The van der Waals surface area contributed by atoms with E-state index in [0.717, 1.165) is 23.2 Å². The summed E-state index contributed by atoms with van der Waals surface area (Å²) >= 11 is 0. The van der Waals surface area contributed by atoms with E-state index in [9.17, 15) is 15.0 Å². The molecule has 1 aromatic rings. The van der Waals surface area contributed by atoms with Crippen LogP contribution in [0.5, 0.6) is 11.5 Å². The number of fused-ring (bicyclic) bond motifs is 2. The average molecular weight is 397 g/mol. The molecule has 6 heteroatoms. The van der Waals surface area contributed by atoms with Crippen molar-refractivity contribution < 1.29 is 24.5 Å². The number of piperidine rings is 1. The van der Waals surface area contributed by atoms with Gasteiger partial charge >= 0.3 is 0 Å². The molecule has 0 aromatic heterocycles. The fourth-order valence-electron chi connectivity index (χ4n) is 7.05. The molecule has 5 bridgehead atoms. The summed E-state index contributed by atoms with van der Waals surface area (Å²) in [6, 6.07) is 3.32. The summed E-state index contributed by atoms with van der Waals surface area (Å²) in [4.78, 5) is 15.7. The number of methoxy groups -OCH3 is 2. The first kappa shape index (κ1) is 18.9. The van der Waals surface area contributed by atoms with Gasteiger partial charge in [-0.3, -0.25) is 9.69 Å². The standard InChI is InChI=1S/C23H27NO5/c1-5-24-10-22(11-28-3)17(27)6-7-23-12(2)13-8-15(25)16(26)9-14(13)18(21(23)24)19(29-4)20(22)23/h6-9,18-21,25-26H,2,5,10-11H2,1,3-4H3/t18-,19-,20+,21+,22-,23+/m0/s1. The third kappa shape index (κ3) is 1.95. The number of carbonyl (C=O) groups excluding carboxylic acids is 1. The van der Waals surface area contributed by atoms with Crippen molar-refractivity contribution in [2.75, 3.05) is 33.9 Å². The zero-order valence-electron chi connectivity index (χ0n) is 17.0. The third-order valence-electron chi connectivity index (χ3n) is 7.94. The van der Waals surface area contributed by atoms with Gasteiger partial charge in [0.2, 0.25) is 0 Å². The molecule has 6 atom stereocenters. The lowest BCUT2D eigenvalue weighted by Gasteiger charge is -2.60. The van der Waals surface area contributed by atoms with Gasteiger partial charge in [0.25, 0.3) is 0 Å². The molecule has 1 saturated heterocycles. The van der Waals surface area contributed by atoms with Crippen LogP contribution in [-0.4, -0.2) is 67.0 Å². The van der Waals surface area contributed by atoms with Gasteiger partial charge in [-0.15, -0.1) is 0 Å². The predicted octanol–water partition coefficient (Wildman–Crippen LogP) is 2.32. The maximum absolute atomic E-state index is 13.3. The molecule has 2 N–H and O–H groups in total. The Morgan fingerprint density at radius 3 is 2.66 bits per heavy atom. The van der Waals surface area contributed by atoms with Crippen LogP contribution in [0.3, 0.4) is 0 Å². The monoisotopic (exact) mass is 397 g/mol. The largest absolute Gasteiger partial charge is 0.504 e. The molecule has 0 amide bonds. The van der Waals surface area contributed by atoms with E-state index in [1.165, 1.54) is 0 Å². The highest BCUT2D eigenvalue weighted by atomic mass is 16.5. The van der Waals surface area contributed by atoms with E-state index >= 15 is 0 Å². The minimum atomic E-state index is -0.722. The number of allylic oxidation sites excluding steroid dienone is 1. The molecular formula is C23H27NO5. The SMILES string of the molecule is C=C1c2cc(O)c(O)cc2[C@H]2[C@H](OC)[C@@H]3[C@]4(COC)CN(CC)[C@H]2[C@]13C=CC4=O. The number of phenolic OH excluding ortho intramolecular Hbond substituents is 2. The minimum absolute atomic E-state index is 0.0498. The van der Waals surface area contributed by atoms with Crippen LogP contribution in [0.15, 0.2) is 30.9 Å². The van der Waals surface area contributed by atoms with Crippen LogP contribution in [0.25, 0.3) is 5.57 Å². The van der Waals surface area contributed by atoms with E-state index in [4.69, 9.17) is 9.47 Å². The van der Waals surface area contributed by atoms with Crippen molar-refractivity contribution in [1.29, 1.82) is 0 Å². The quantitative estimate of drug-likeness (QED) is 0.759. The van der Waals surface area contributed by atoms with E-state index in [0.29, 0.717) is 13.2 Å². The van der Waals surface area contributed by atoms with Crippen molar-refractivity contribution in [3.05, 3.63) is 42.0 Å². The smallest absolute Gasteiger partial charge is 0.165 e. The van der Waals surface area contributed by atoms with E-state index in [2.05, 4.69) is 18.4 Å². The lowest BCUT2D eigenvalue weighted by atomic mass is 9.50. The minimum Gasteiger partial charge on any atom is -0.504 e. The second-order valence-corrected chi connectivity index (χ2v) is 8.84. The van der Waals surface area contributed by atoms with Crippen LogP contribution in [0, 0.1) is 16.7 Å². The van der Waals surface area contributed by atoms with E-state index in [1.54, 1.807) is 32.4 Å². The Hall–Kier alpha value is -2.15. The van der Waals surface area contributed by atoms with Gasteiger partial charge in [0.15, 0.2) is 17.3 Å². The van der Waals surface area contributed by atoms with Crippen molar-refractivity contribution in [1.82, 2.24) is 4.90 Å². The molecule has 4 aliphatic rings. The van der Waals surface area contributed by atoms with Gasteiger partial charge in [-0.25, -0.2) is 0 Å².